The van der Waals surface area contributed by atoms with E-state index in [0.717, 1.165) is 11.1 Å². The Kier molecular flexibility index (Phi) is 3.55. The van der Waals surface area contributed by atoms with Gasteiger partial charge in [0.1, 0.15) is 0 Å². The van der Waals surface area contributed by atoms with Crippen molar-refractivity contribution in [1.29, 1.82) is 0 Å². The highest BCUT2D eigenvalue weighted by atomic mass is 15.5. The lowest BCUT2D eigenvalue weighted by atomic mass is 10.1. The molecule has 0 atom stereocenters. The largest absolute Gasteiger partial charge is 0.204 e. The average molecular weight is 188 g/mol. The summed E-state index contributed by atoms with van der Waals surface area (Å²) in [4.78, 5) is 0. The highest BCUT2D eigenvalue weighted by Gasteiger charge is 2.03. The number of nitrogens with one attached hydrogen (secondary N) is 1. The van der Waals surface area contributed by atoms with Crippen molar-refractivity contribution < 1.29 is 0 Å². The van der Waals surface area contributed by atoms with Crippen LogP contribution in [0.3, 0.4) is 0 Å². The van der Waals surface area contributed by atoms with Gasteiger partial charge in [0.25, 0.3) is 0 Å². The maximum absolute atomic E-state index is 3.90. The van der Waals surface area contributed by atoms with E-state index < -0.39 is 0 Å². The lowest BCUT2D eigenvalue weighted by Gasteiger charge is -1.97. The summed E-state index contributed by atoms with van der Waals surface area (Å²) >= 11 is 0. The zero-order chi connectivity index (χ0) is 10.4. The molecule has 1 aromatic heterocycles. The summed E-state index contributed by atoms with van der Waals surface area (Å²) < 4.78 is 0. The minimum atomic E-state index is 0.646. The van der Waals surface area contributed by atoms with Gasteiger partial charge in [-0.1, -0.05) is 24.3 Å². The summed E-state index contributed by atoms with van der Waals surface area (Å²) in [5.74, 6) is 0.646. The molecule has 4 heteroatoms. The summed E-state index contributed by atoms with van der Waals surface area (Å²) in [6.07, 6.45) is 0. The number of nitrogens with zero attached hydrogens (tertiary/aromatic N) is 3. The van der Waals surface area contributed by atoms with Gasteiger partial charge in [0.15, 0.2) is 0 Å². The Bertz CT molecular complexity index is 381. The highest BCUT2D eigenvalue weighted by Crippen LogP contribution is 2.16. The Labute approximate surface area is 82.7 Å². The minimum absolute atomic E-state index is 0.646. The molecule has 14 heavy (non-hydrogen) atoms. The van der Waals surface area contributed by atoms with Gasteiger partial charge >= 0.3 is 0 Å². The fraction of sp³-hybridized carbons (Fsp3) is 0.100. The Morgan fingerprint density at radius 1 is 1.21 bits per heavy atom. The van der Waals surface area contributed by atoms with Crippen molar-refractivity contribution in [3.05, 3.63) is 43.0 Å². The normalized spacial score (nSPS) is 8.93. The molecular weight excluding hydrogens is 176 g/mol. The summed E-state index contributed by atoms with van der Waals surface area (Å²) in [6, 6.07) is 7.93. The van der Waals surface area contributed by atoms with Gasteiger partial charge < -0.3 is 0 Å². The van der Waals surface area contributed by atoms with Crippen molar-refractivity contribution in [2.75, 3.05) is 0 Å². The molecule has 0 unspecified atom stereocenters. The molecule has 0 fully saturated rings. The van der Waals surface area contributed by atoms with E-state index in [1.807, 2.05) is 31.2 Å². The average Bonchev–Trinajstić information content (AvgIpc) is 2.75. The molecule has 0 saturated heterocycles. The number of hydrogen-bond acceptors (Lipinski definition) is 3. The van der Waals surface area contributed by atoms with Crippen molar-refractivity contribution in [2.45, 2.75) is 6.92 Å². The number of hydrogen-bond donors (Lipinski definition) is 1. The van der Waals surface area contributed by atoms with Crippen molar-refractivity contribution in [1.82, 2.24) is 20.6 Å². The number of rotatable bonds is 1. The second kappa shape index (κ2) is 4.91. The fourth-order valence-electron chi connectivity index (χ4n) is 1.10. The molecule has 4 nitrogen and oxygen atoms in total. The number of aromatic amines is 1. The SMILES string of the molecule is C=C.Cc1ccccc1-c1nn[nH]n1. The van der Waals surface area contributed by atoms with E-state index in [1.54, 1.807) is 0 Å². The van der Waals surface area contributed by atoms with Crippen LogP contribution >= 0.6 is 0 Å². The molecule has 0 aliphatic rings. The number of aromatic nitrogens is 4. The third kappa shape index (κ3) is 2.04. The lowest BCUT2D eigenvalue weighted by molar-refractivity contribution is 0.881. The van der Waals surface area contributed by atoms with E-state index in [9.17, 15) is 0 Å². The van der Waals surface area contributed by atoms with Crippen LogP contribution in [-0.2, 0) is 0 Å². The second-order valence-electron chi connectivity index (χ2n) is 2.55. The van der Waals surface area contributed by atoms with Crippen LogP contribution in [-0.4, -0.2) is 20.6 Å². The molecule has 0 spiro atoms. The van der Waals surface area contributed by atoms with E-state index in [4.69, 9.17) is 0 Å². The topological polar surface area (TPSA) is 54.5 Å². The first-order valence-electron chi connectivity index (χ1n) is 4.17. The molecule has 0 saturated carbocycles. The first-order valence-corrected chi connectivity index (χ1v) is 4.17. The molecule has 0 bridgehead atoms. The summed E-state index contributed by atoms with van der Waals surface area (Å²) in [5.41, 5.74) is 2.17. The van der Waals surface area contributed by atoms with Gasteiger partial charge in [-0.15, -0.1) is 23.4 Å². The molecular formula is C10H12N4. The van der Waals surface area contributed by atoms with Crippen LogP contribution in [0.2, 0.25) is 0 Å². The van der Waals surface area contributed by atoms with Gasteiger partial charge in [-0.25, -0.2) is 0 Å². The Morgan fingerprint density at radius 3 is 2.50 bits per heavy atom. The Morgan fingerprint density at radius 2 is 1.93 bits per heavy atom. The van der Waals surface area contributed by atoms with Crippen molar-refractivity contribution in [2.24, 2.45) is 0 Å². The predicted octanol–water partition coefficient (Wildman–Crippen LogP) is 1.98. The number of aryl methyl sites for hydroxylation is 1. The molecule has 2 aromatic rings. The van der Waals surface area contributed by atoms with Crippen LogP contribution in [0.5, 0.6) is 0 Å². The Hall–Kier alpha value is -1.97. The van der Waals surface area contributed by atoms with Crippen LogP contribution in [0.4, 0.5) is 0 Å². The predicted molar refractivity (Wildman–Crippen MR) is 55.6 cm³/mol. The fourth-order valence-corrected chi connectivity index (χ4v) is 1.10. The first kappa shape index (κ1) is 10.1. The molecule has 1 aromatic carbocycles. The van der Waals surface area contributed by atoms with E-state index in [1.165, 1.54) is 0 Å². The second-order valence-corrected chi connectivity index (χ2v) is 2.55. The lowest BCUT2D eigenvalue weighted by Crippen LogP contribution is -1.84. The summed E-state index contributed by atoms with van der Waals surface area (Å²) in [7, 11) is 0. The standard InChI is InChI=1S/C8H8N4.C2H4/c1-6-4-2-3-5-7(6)8-9-11-12-10-8;1-2/h2-5H,1H3,(H,9,10,11,12);1-2H2. The number of H-pyrrole nitrogens is 1. The highest BCUT2D eigenvalue weighted by molar-refractivity contribution is 5.58. The number of tetrazole rings is 1. The Balaban J connectivity index is 0.000000461. The van der Waals surface area contributed by atoms with Gasteiger partial charge in [-0.3, -0.25) is 0 Å². The third-order valence-electron chi connectivity index (χ3n) is 1.73. The zero-order valence-electron chi connectivity index (χ0n) is 8.07. The van der Waals surface area contributed by atoms with Crippen LogP contribution < -0.4 is 0 Å². The summed E-state index contributed by atoms with van der Waals surface area (Å²) in [5, 5.41) is 13.7. The van der Waals surface area contributed by atoms with Gasteiger partial charge in [-0.2, -0.15) is 5.21 Å². The van der Waals surface area contributed by atoms with E-state index in [-0.39, 0.29) is 0 Å². The molecule has 0 radical (unpaired) electrons. The van der Waals surface area contributed by atoms with Crippen molar-refractivity contribution in [3.8, 4) is 11.4 Å². The van der Waals surface area contributed by atoms with Gasteiger partial charge in [0, 0.05) is 5.56 Å². The molecule has 1 heterocycles. The quantitative estimate of drug-likeness (QED) is 0.696. The minimum Gasteiger partial charge on any atom is -0.177 e. The van der Waals surface area contributed by atoms with Gasteiger partial charge in [0.2, 0.25) is 5.82 Å². The molecule has 0 amide bonds. The monoisotopic (exact) mass is 188 g/mol. The molecule has 1 N–H and O–H groups in total. The third-order valence-corrected chi connectivity index (χ3v) is 1.73. The molecule has 0 aliphatic carbocycles. The van der Waals surface area contributed by atoms with Crippen LogP contribution in [0, 0.1) is 6.92 Å². The van der Waals surface area contributed by atoms with Crippen LogP contribution in [0.25, 0.3) is 11.4 Å². The maximum Gasteiger partial charge on any atom is 0.204 e. The van der Waals surface area contributed by atoms with Crippen LogP contribution in [0.1, 0.15) is 5.56 Å². The van der Waals surface area contributed by atoms with Crippen molar-refractivity contribution >= 4 is 0 Å². The molecule has 0 aliphatic heterocycles. The smallest absolute Gasteiger partial charge is 0.177 e. The first-order chi connectivity index (χ1) is 6.88. The number of benzene rings is 1. The van der Waals surface area contributed by atoms with Gasteiger partial charge in [0.05, 0.1) is 0 Å². The van der Waals surface area contributed by atoms with Gasteiger partial charge in [-0.05, 0) is 17.7 Å². The zero-order valence-corrected chi connectivity index (χ0v) is 8.07. The van der Waals surface area contributed by atoms with E-state index in [2.05, 4.69) is 33.8 Å². The maximum atomic E-state index is 3.90. The van der Waals surface area contributed by atoms with E-state index in [0.29, 0.717) is 5.82 Å². The van der Waals surface area contributed by atoms with E-state index >= 15 is 0 Å². The molecule has 72 valence electrons. The summed E-state index contributed by atoms with van der Waals surface area (Å²) in [6.45, 7) is 8.02. The van der Waals surface area contributed by atoms with Crippen LogP contribution in [0.15, 0.2) is 37.4 Å². The van der Waals surface area contributed by atoms with Crippen molar-refractivity contribution in [3.63, 3.8) is 0 Å². The molecule has 2 rings (SSSR count).